The van der Waals surface area contributed by atoms with Gasteiger partial charge in [-0.05, 0) is 66.9 Å². The Kier molecular flexibility index (Phi) is 7.78. The minimum atomic E-state index is -0.613. The highest BCUT2D eigenvalue weighted by Crippen LogP contribution is 2.25. The molecule has 2 heterocycles. The monoisotopic (exact) mass is 486 g/mol. The Balaban J connectivity index is 1.18. The molecule has 35 heavy (non-hydrogen) atoms. The fourth-order valence-electron chi connectivity index (χ4n) is 4.28. The van der Waals surface area contributed by atoms with Gasteiger partial charge in [0.15, 0.2) is 0 Å². The average Bonchev–Trinajstić information content (AvgIpc) is 2.90. The molecule has 6 nitrogen and oxygen atoms in total. The van der Waals surface area contributed by atoms with E-state index in [1.807, 2.05) is 42.5 Å². The van der Waals surface area contributed by atoms with Gasteiger partial charge in [0.25, 0.3) is 0 Å². The Morgan fingerprint density at radius 3 is 2.51 bits per heavy atom. The molecule has 180 valence electrons. The summed E-state index contributed by atoms with van der Waals surface area (Å²) in [7, 11) is 0. The van der Waals surface area contributed by atoms with E-state index < -0.39 is 11.2 Å². The summed E-state index contributed by atoms with van der Waals surface area (Å²) in [5.41, 5.74) is 4.31. The van der Waals surface area contributed by atoms with E-state index in [4.69, 9.17) is 4.74 Å². The molecular weight excluding hydrogens is 456 g/mol. The molecule has 0 bridgehead atoms. The van der Waals surface area contributed by atoms with Crippen molar-refractivity contribution < 1.29 is 9.29 Å². The number of benzene rings is 3. The molecule has 1 aliphatic rings. The van der Waals surface area contributed by atoms with E-state index in [1.54, 1.807) is 6.33 Å². The quantitative estimate of drug-likeness (QED) is 0.338. The van der Waals surface area contributed by atoms with Crippen molar-refractivity contribution in [3.05, 3.63) is 90.3 Å². The van der Waals surface area contributed by atoms with E-state index >= 15 is 0 Å². The minimum absolute atomic E-state index is 0.547. The molecule has 0 aliphatic carbocycles. The maximum atomic E-state index is 11.5. The van der Waals surface area contributed by atoms with Crippen LogP contribution in [0.3, 0.4) is 0 Å². The maximum absolute atomic E-state index is 11.5. The minimum Gasteiger partial charge on any atom is -0.616 e. The van der Waals surface area contributed by atoms with Gasteiger partial charge in [-0.25, -0.2) is 9.97 Å². The molecule has 4 aromatic rings. The molecule has 1 fully saturated rings. The zero-order chi connectivity index (χ0) is 23.9. The van der Waals surface area contributed by atoms with Crippen LogP contribution in [0, 0.1) is 0 Å². The molecule has 0 unspecified atom stereocenters. The van der Waals surface area contributed by atoms with Crippen molar-refractivity contribution in [2.45, 2.75) is 19.4 Å². The fraction of sp³-hybridized carbons (Fsp3) is 0.286. The van der Waals surface area contributed by atoms with Gasteiger partial charge in [0.1, 0.15) is 36.0 Å². The van der Waals surface area contributed by atoms with E-state index in [-0.39, 0.29) is 0 Å². The first kappa shape index (κ1) is 23.6. The summed E-state index contributed by atoms with van der Waals surface area (Å²) in [6.45, 7) is 3.50. The first-order chi connectivity index (χ1) is 17.2. The summed E-state index contributed by atoms with van der Waals surface area (Å²) in [5.74, 6) is 3.24. The van der Waals surface area contributed by atoms with E-state index in [9.17, 15) is 4.55 Å². The number of hydrogen-bond donors (Lipinski definition) is 1. The lowest BCUT2D eigenvalue weighted by molar-refractivity contribution is 0.292. The number of aryl methyl sites for hydroxylation is 1. The van der Waals surface area contributed by atoms with E-state index in [0.717, 1.165) is 77.7 Å². The fourth-order valence-corrected chi connectivity index (χ4v) is 5.40. The second-order valence-corrected chi connectivity index (χ2v) is 10.5. The standard InChI is InChI=1S/C28H30N4O2S/c33-35-17-15-32(16-18-35)14-4-7-22-8-13-26-27(19-22)29-21-30-28(26)31-24-9-11-25(12-10-24)34-20-23-5-2-1-3-6-23/h1-3,5-6,8-13,19,21H,4,7,14-18,20H2,(H,29,30,31). The van der Waals surface area contributed by atoms with Gasteiger partial charge >= 0.3 is 0 Å². The predicted octanol–water partition coefficient (Wildman–Crippen LogP) is 4.95. The van der Waals surface area contributed by atoms with Crippen LogP contribution in [0.25, 0.3) is 10.9 Å². The highest BCUT2D eigenvalue weighted by atomic mass is 32.2. The van der Waals surface area contributed by atoms with Gasteiger partial charge in [-0.2, -0.15) is 0 Å². The lowest BCUT2D eigenvalue weighted by atomic mass is 10.1. The van der Waals surface area contributed by atoms with Gasteiger partial charge in [-0.1, -0.05) is 47.6 Å². The molecule has 1 aliphatic heterocycles. The van der Waals surface area contributed by atoms with Crippen LogP contribution in [-0.2, 0) is 24.2 Å². The molecule has 3 aromatic carbocycles. The van der Waals surface area contributed by atoms with Crippen molar-refractivity contribution >= 4 is 33.6 Å². The highest BCUT2D eigenvalue weighted by Gasteiger charge is 2.18. The van der Waals surface area contributed by atoms with Crippen molar-refractivity contribution in [3.63, 3.8) is 0 Å². The van der Waals surface area contributed by atoms with Crippen LogP contribution in [0.1, 0.15) is 17.5 Å². The van der Waals surface area contributed by atoms with Gasteiger partial charge in [-0.15, -0.1) is 0 Å². The lowest BCUT2D eigenvalue weighted by Crippen LogP contribution is -2.40. The molecule has 0 atom stereocenters. The predicted molar refractivity (Wildman–Crippen MR) is 143 cm³/mol. The lowest BCUT2D eigenvalue weighted by Gasteiger charge is -2.27. The number of anilines is 2. The zero-order valence-corrected chi connectivity index (χ0v) is 20.5. The van der Waals surface area contributed by atoms with Crippen molar-refractivity contribution in [2.24, 2.45) is 0 Å². The number of nitrogens with one attached hydrogen (secondary N) is 1. The van der Waals surface area contributed by atoms with Gasteiger partial charge < -0.3 is 14.6 Å². The van der Waals surface area contributed by atoms with Gasteiger partial charge in [0.05, 0.1) is 5.52 Å². The summed E-state index contributed by atoms with van der Waals surface area (Å²) >= 11 is -0.613. The SMILES string of the molecule is [O-][S+]1CCN(CCCc2ccc3c(Nc4ccc(OCc5ccccc5)cc4)ncnc3c2)CC1. The Morgan fingerprint density at radius 2 is 1.71 bits per heavy atom. The molecule has 0 saturated carbocycles. The van der Waals surface area contributed by atoms with Crippen molar-refractivity contribution in [2.75, 3.05) is 36.5 Å². The Morgan fingerprint density at radius 1 is 0.914 bits per heavy atom. The average molecular weight is 487 g/mol. The number of rotatable bonds is 9. The maximum Gasteiger partial charge on any atom is 0.141 e. The third-order valence-corrected chi connectivity index (χ3v) is 7.55. The van der Waals surface area contributed by atoms with E-state index in [0.29, 0.717) is 6.61 Å². The zero-order valence-electron chi connectivity index (χ0n) is 19.7. The number of fused-ring (bicyclic) bond motifs is 1. The Bertz CT molecular complexity index is 1230. The van der Waals surface area contributed by atoms with Crippen LogP contribution in [0.4, 0.5) is 11.5 Å². The first-order valence-electron chi connectivity index (χ1n) is 12.1. The molecule has 1 aromatic heterocycles. The normalized spacial score (nSPS) is 14.8. The molecule has 0 radical (unpaired) electrons. The topological polar surface area (TPSA) is 73.3 Å². The molecule has 1 saturated heterocycles. The first-order valence-corrected chi connectivity index (χ1v) is 13.6. The van der Waals surface area contributed by atoms with E-state index in [2.05, 4.69) is 50.5 Å². The molecular formula is C28H30N4O2S. The number of hydrogen-bond acceptors (Lipinski definition) is 6. The third-order valence-electron chi connectivity index (χ3n) is 6.28. The van der Waals surface area contributed by atoms with Gasteiger partial charge in [0, 0.05) is 24.2 Å². The van der Waals surface area contributed by atoms with Crippen LogP contribution in [0.5, 0.6) is 5.75 Å². The summed E-state index contributed by atoms with van der Waals surface area (Å²) < 4.78 is 17.4. The summed E-state index contributed by atoms with van der Waals surface area (Å²) in [6.07, 6.45) is 3.71. The number of aromatic nitrogens is 2. The van der Waals surface area contributed by atoms with Crippen molar-refractivity contribution in [3.8, 4) is 5.75 Å². The summed E-state index contributed by atoms with van der Waals surface area (Å²) in [6, 6.07) is 24.5. The highest BCUT2D eigenvalue weighted by molar-refractivity contribution is 7.91. The smallest absolute Gasteiger partial charge is 0.141 e. The Labute approximate surface area is 209 Å². The molecule has 5 rings (SSSR count). The molecule has 0 spiro atoms. The largest absolute Gasteiger partial charge is 0.616 e. The van der Waals surface area contributed by atoms with Crippen LogP contribution in [0.2, 0.25) is 0 Å². The number of nitrogens with zero attached hydrogens (tertiary/aromatic N) is 3. The second kappa shape index (κ2) is 11.5. The van der Waals surface area contributed by atoms with E-state index in [1.165, 1.54) is 5.56 Å². The van der Waals surface area contributed by atoms with Crippen LogP contribution < -0.4 is 10.1 Å². The van der Waals surface area contributed by atoms with Crippen LogP contribution >= 0.6 is 0 Å². The molecule has 0 amide bonds. The molecule has 1 N–H and O–H groups in total. The van der Waals surface area contributed by atoms with Crippen LogP contribution in [-0.4, -0.2) is 50.6 Å². The van der Waals surface area contributed by atoms with Crippen LogP contribution in [0.15, 0.2) is 79.1 Å². The Hall–Kier alpha value is -3.13. The summed E-state index contributed by atoms with van der Waals surface area (Å²) in [5, 5.41) is 4.42. The second-order valence-electron chi connectivity index (χ2n) is 8.79. The number of ether oxygens (including phenoxy) is 1. The van der Waals surface area contributed by atoms with Gasteiger partial charge in [-0.3, -0.25) is 4.90 Å². The third kappa shape index (κ3) is 6.51. The molecule has 7 heteroatoms. The van der Waals surface area contributed by atoms with Crippen molar-refractivity contribution in [1.29, 1.82) is 0 Å². The summed E-state index contributed by atoms with van der Waals surface area (Å²) in [4.78, 5) is 11.4. The van der Waals surface area contributed by atoms with Gasteiger partial charge in [0.2, 0.25) is 0 Å². The van der Waals surface area contributed by atoms with Crippen molar-refractivity contribution in [1.82, 2.24) is 14.9 Å².